The summed E-state index contributed by atoms with van der Waals surface area (Å²) in [7, 11) is 0. The molecule has 21 heavy (non-hydrogen) atoms. The number of hydrogen-bond donors (Lipinski definition) is 0. The molecule has 0 bridgehead atoms. The van der Waals surface area contributed by atoms with E-state index in [1.165, 1.54) is 18.2 Å². The largest absolute Gasteiger partial charge is 0.422 e. The van der Waals surface area contributed by atoms with Crippen LogP contribution in [0.25, 0.3) is 22.1 Å². The Morgan fingerprint density at radius 3 is 2.52 bits per heavy atom. The fourth-order valence-corrected chi connectivity index (χ4v) is 2.44. The van der Waals surface area contributed by atoms with Gasteiger partial charge >= 0.3 is 5.63 Å². The van der Waals surface area contributed by atoms with Gasteiger partial charge in [-0.3, -0.25) is 4.79 Å². The van der Waals surface area contributed by atoms with Crippen molar-refractivity contribution in [1.82, 2.24) is 0 Å². The van der Waals surface area contributed by atoms with Gasteiger partial charge in [0.1, 0.15) is 5.58 Å². The van der Waals surface area contributed by atoms with Gasteiger partial charge < -0.3 is 4.42 Å². The summed E-state index contributed by atoms with van der Waals surface area (Å²) >= 11 is 11.6. The van der Waals surface area contributed by atoms with Crippen molar-refractivity contribution >= 4 is 39.4 Å². The monoisotopic (exact) mass is 318 g/mol. The molecule has 0 atom stereocenters. The van der Waals surface area contributed by atoms with Crippen molar-refractivity contribution in [3.8, 4) is 11.1 Å². The number of benzene rings is 2. The highest BCUT2D eigenvalue weighted by molar-refractivity contribution is 6.67. The summed E-state index contributed by atoms with van der Waals surface area (Å²) in [5.41, 5.74) is 0.950. The van der Waals surface area contributed by atoms with Gasteiger partial charge in [0.05, 0.1) is 5.56 Å². The third-order valence-electron chi connectivity index (χ3n) is 3.12. The minimum atomic E-state index is -0.613. The van der Waals surface area contributed by atoms with Gasteiger partial charge in [-0.05, 0) is 41.9 Å². The molecule has 0 saturated heterocycles. The first-order chi connectivity index (χ1) is 10.1. The number of rotatable bonds is 2. The van der Waals surface area contributed by atoms with Gasteiger partial charge in [0, 0.05) is 21.5 Å². The molecule has 0 amide bonds. The van der Waals surface area contributed by atoms with Crippen LogP contribution in [0.5, 0.6) is 0 Å². The van der Waals surface area contributed by atoms with Crippen molar-refractivity contribution in [2.45, 2.75) is 0 Å². The molecule has 0 fully saturated rings. The van der Waals surface area contributed by atoms with E-state index >= 15 is 0 Å². The van der Waals surface area contributed by atoms with Crippen molar-refractivity contribution in [3.63, 3.8) is 0 Å². The first-order valence-corrected chi connectivity index (χ1v) is 6.84. The van der Waals surface area contributed by atoms with Gasteiger partial charge in [-0.25, -0.2) is 4.79 Å². The predicted molar refractivity (Wildman–Crippen MR) is 83.1 cm³/mol. The van der Waals surface area contributed by atoms with Crippen LogP contribution in [-0.2, 0) is 0 Å². The van der Waals surface area contributed by atoms with E-state index in [9.17, 15) is 9.59 Å². The maximum Gasteiger partial charge on any atom is 0.344 e. The molecule has 1 aromatic heterocycles. The fourth-order valence-electron chi connectivity index (χ4n) is 2.10. The summed E-state index contributed by atoms with van der Waals surface area (Å²) in [6.07, 6.45) is 0. The molecule has 104 valence electrons. The Labute approximate surface area is 129 Å². The SMILES string of the molecule is O=C(Cl)c1ccc(Cl)c(-c2cc3ccccc3oc2=O)c1. The minimum absolute atomic E-state index is 0.267. The third-order valence-corrected chi connectivity index (χ3v) is 3.67. The zero-order chi connectivity index (χ0) is 15.0. The number of halogens is 2. The molecular formula is C16H8Cl2O3. The summed E-state index contributed by atoms with van der Waals surface area (Å²) in [4.78, 5) is 23.4. The maximum absolute atomic E-state index is 12.1. The molecule has 3 rings (SSSR count). The maximum atomic E-state index is 12.1. The van der Waals surface area contributed by atoms with Crippen LogP contribution < -0.4 is 5.63 Å². The lowest BCUT2D eigenvalue weighted by molar-refractivity contribution is 0.108. The average Bonchev–Trinajstić information content (AvgIpc) is 2.47. The minimum Gasteiger partial charge on any atom is -0.422 e. The standard InChI is InChI=1S/C16H8Cl2O3/c17-13-6-5-10(15(18)19)8-11(13)12-7-9-3-1-2-4-14(9)21-16(12)20/h1-8H. The van der Waals surface area contributed by atoms with Gasteiger partial charge in [0.25, 0.3) is 5.24 Å². The van der Waals surface area contributed by atoms with E-state index in [0.29, 0.717) is 21.7 Å². The molecule has 2 aromatic carbocycles. The van der Waals surface area contributed by atoms with Crippen molar-refractivity contribution in [2.75, 3.05) is 0 Å². The van der Waals surface area contributed by atoms with E-state index < -0.39 is 10.9 Å². The molecular weight excluding hydrogens is 311 g/mol. The normalized spacial score (nSPS) is 10.8. The van der Waals surface area contributed by atoms with Crippen LogP contribution >= 0.6 is 23.2 Å². The second-order valence-electron chi connectivity index (χ2n) is 4.45. The second-order valence-corrected chi connectivity index (χ2v) is 5.20. The molecule has 0 unspecified atom stereocenters. The molecule has 3 aromatic rings. The zero-order valence-electron chi connectivity index (χ0n) is 10.6. The van der Waals surface area contributed by atoms with E-state index in [1.807, 2.05) is 12.1 Å². The highest BCUT2D eigenvalue weighted by Crippen LogP contribution is 2.29. The predicted octanol–water partition coefficient (Wildman–Crippen LogP) is 4.49. The van der Waals surface area contributed by atoms with E-state index in [2.05, 4.69) is 0 Å². The molecule has 0 radical (unpaired) electrons. The summed E-state index contributed by atoms with van der Waals surface area (Å²) in [5.74, 6) is 0. The zero-order valence-corrected chi connectivity index (χ0v) is 12.1. The van der Waals surface area contributed by atoms with Gasteiger partial charge in [0.2, 0.25) is 0 Å². The quantitative estimate of drug-likeness (QED) is 0.516. The van der Waals surface area contributed by atoms with Crippen molar-refractivity contribution in [1.29, 1.82) is 0 Å². The Bertz CT molecular complexity index is 913. The molecule has 0 aliphatic rings. The number of para-hydroxylation sites is 1. The Morgan fingerprint density at radius 1 is 1.00 bits per heavy atom. The van der Waals surface area contributed by atoms with Crippen LogP contribution in [0.2, 0.25) is 5.02 Å². The highest BCUT2D eigenvalue weighted by atomic mass is 35.5. The van der Waals surface area contributed by atoms with Crippen LogP contribution in [0.4, 0.5) is 0 Å². The molecule has 0 N–H and O–H groups in total. The lowest BCUT2D eigenvalue weighted by Crippen LogP contribution is -2.03. The first-order valence-electron chi connectivity index (χ1n) is 6.09. The Hall–Kier alpha value is -2.10. The molecule has 0 aliphatic heterocycles. The molecule has 1 heterocycles. The lowest BCUT2D eigenvalue weighted by atomic mass is 10.0. The van der Waals surface area contributed by atoms with E-state index in [4.69, 9.17) is 27.6 Å². The smallest absolute Gasteiger partial charge is 0.344 e. The summed E-state index contributed by atoms with van der Waals surface area (Å²) in [6, 6.07) is 13.4. The van der Waals surface area contributed by atoms with E-state index in [0.717, 1.165) is 5.39 Å². The van der Waals surface area contributed by atoms with Crippen LogP contribution in [-0.4, -0.2) is 5.24 Å². The van der Waals surface area contributed by atoms with Crippen LogP contribution in [0.1, 0.15) is 10.4 Å². The lowest BCUT2D eigenvalue weighted by Gasteiger charge is -2.06. The summed E-state index contributed by atoms with van der Waals surface area (Å²) in [6.45, 7) is 0. The first kappa shape index (κ1) is 13.9. The average molecular weight is 319 g/mol. The topological polar surface area (TPSA) is 47.3 Å². The van der Waals surface area contributed by atoms with Gasteiger partial charge in [-0.2, -0.15) is 0 Å². The number of carbonyl (C=O) groups is 1. The van der Waals surface area contributed by atoms with Crippen molar-refractivity contribution in [2.24, 2.45) is 0 Å². The molecule has 0 aliphatic carbocycles. The molecule has 0 spiro atoms. The number of fused-ring (bicyclic) bond motifs is 1. The van der Waals surface area contributed by atoms with E-state index in [-0.39, 0.29) is 5.56 Å². The number of carbonyl (C=O) groups excluding carboxylic acids is 1. The van der Waals surface area contributed by atoms with Crippen LogP contribution in [0.15, 0.2) is 57.7 Å². The Kier molecular flexibility index (Phi) is 3.53. The summed E-state index contributed by atoms with van der Waals surface area (Å²) < 4.78 is 5.27. The van der Waals surface area contributed by atoms with Crippen LogP contribution in [0.3, 0.4) is 0 Å². The Balaban J connectivity index is 2.29. The number of hydrogen-bond acceptors (Lipinski definition) is 3. The molecule has 0 saturated carbocycles. The molecule has 3 nitrogen and oxygen atoms in total. The van der Waals surface area contributed by atoms with Gasteiger partial charge in [-0.15, -0.1) is 0 Å². The highest BCUT2D eigenvalue weighted by Gasteiger charge is 2.13. The molecule has 5 heteroatoms. The van der Waals surface area contributed by atoms with Crippen molar-refractivity contribution in [3.05, 3.63) is 69.5 Å². The van der Waals surface area contributed by atoms with Gasteiger partial charge in [-0.1, -0.05) is 29.8 Å². The van der Waals surface area contributed by atoms with E-state index in [1.54, 1.807) is 18.2 Å². The van der Waals surface area contributed by atoms with Crippen molar-refractivity contribution < 1.29 is 9.21 Å². The third kappa shape index (κ3) is 2.58. The Morgan fingerprint density at radius 2 is 1.76 bits per heavy atom. The second kappa shape index (κ2) is 5.35. The van der Waals surface area contributed by atoms with Gasteiger partial charge in [0.15, 0.2) is 0 Å². The summed E-state index contributed by atoms with van der Waals surface area (Å²) in [5, 5.41) is 0.503. The van der Waals surface area contributed by atoms with Crippen LogP contribution in [0, 0.1) is 0 Å². The fraction of sp³-hybridized carbons (Fsp3) is 0.